The number of hydrogen-bond acceptors (Lipinski definition) is 4. The van der Waals surface area contributed by atoms with Gasteiger partial charge in [-0.2, -0.15) is 0 Å². The van der Waals surface area contributed by atoms with Crippen LogP contribution in [0.15, 0.2) is 0 Å². The standard InChI is InChI=1S/C14H25N3O3/c1-2-3-13(18)16-6-4-15(5-7-16)12-14(19)17-8-10-20-11-9-17/h2-12H2,1H3. The molecule has 2 aliphatic heterocycles. The number of rotatable bonds is 4. The van der Waals surface area contributed by atoms with Gasteiger partial charge in [-0.05, 0) is 6.42 Å². The second-order valence-corrected chi connectivity index (χ2v) is 5.40. The lowest BCUT2D eigenvalue weighted by Crippen LogP contribution is -2.52. The summed E-state index contributed by atoms with van der Waals surface area (Å²) in [6.07, 6.45) is 1.53. The van der Waals surface area contributed by atoms with Gasteiger partial charge >= 0.3 is 0 Å². The molecule has 0 aromatic rings. The zero-order valence-corrected chi connectivity index (χ0v) is 12.3. The van der Waals surface area contributed by atoms with Crippen molar-refractivity contribution in [2.75, 3.05) is 59.0 Å². The molecule has 6 nitrogen and oxygen atoms in total. The van der Waals surface area contributed by atoms with Gasteiger partial charge in [-0.25, -0.2) is 0 Å². The van der Waals surface area contributed by atoms with E-state index in [1.807, 2.05) is 16.7 Å². The Kier molecular flexibility index (Phi) is 5.79. The van der Waals surface area contributed by atoms with Gasteiger partial charge in [-0.15, -0.1) is 0 Å². The first kappa shape index (κ1) is 15.3. The summed E-state index contributed by atoms with van der Waals surface area (Å²) in [5, 5.41) is 0. The molecule has 0 unspecified atom stereocenters. The number of morpholine rings is 1. The minimum atomic E-state index is 0.182. The molecule has 2 aliphatic rings. The largest absolute Gasteiger partial charge is 0.378 e. The van der Waals surface area contributed by atoms with Crippen LogP contribution in [0.25, 0.3) is 0 Å². The summed E-state index contributed by atoms with van der Waals surface area (Å²) < 4.78 is 5.25. The fourth-order valence-corrected chi connectivity index (χ4v) is 2.63. The van der Waals surface area contributed by atoms with Gasteiger partial charge in [0, 0.05) is 45.7 Å². The number of ether oxygens (including phenoxy) is 1. The van der Waals surface area contributed by atoms with Crippen LogP contribution >= 0.6 is 0 Å². The topological polar surface area (TPSA) is 53.1 Å². The van der Waals surface area contributed by atoms with Crippen LogP contribution in [0.5, 0.6) is 0 Å². The Morgan fingerprint density at radius 1 is 0.900 bits per heavy atom. The van der Waals surface area contributed by atoms with Gasteiger partial charge in [0.15, 0.2) is 0 Å². The average Bonchev–Trinajstić information content (AvgIpc) is 2.49. The molecule has 0 aromatic heterocycles. The molecule has 0 N–H and O–H groups in total. The molecule has 2 fully saturated rings. The lowest BCUT2D eigenvalue weighted by atomic mass is 10.2. The highest BCUT2D eigenvalue weighted by Crippen LogP contribution is 2.06. The van der Waals surface area contributed by atoms with E-state index in [4.69, 9.17) is 4.74 Å². The molecular formula is C14H25N3O3. The Morgan fingerprint density at radius 2 is 1.50 bits per heavy atom. The Bertz CT molecular complexity index is 335. The highest BCUT2D eigenvalue weighted by atomic mass is 16.5. The van der Waals surface area contributed by atoms with Crippen molar-refractivity contribution in [2.24, 2.45) is 0 Å². The van der Waals surface area contributed by atoms with Crippen LogP contribution in [-0.2, 0) is 14.3 Å². The summed E-state index contributed by atoms with van der Waals surface area (Å²) in [6, 6.07) is 0. The molecule has 2 saturated heterocycles. The highest BCUT2D eigenvalue weighted by molar-refractivity contribution is 5.78. The van der Waals surface area contributed by atoms with Gasteiger partial charge < -0.3 is 14.5 Å². The van der Waals surface area contributed by atoms with E-state index in [9.17, 15) is 9.59 Å². The molecule has 0 aliphatic carbocycles. The van der Waals surface area contributed by atoms with E-state index in [0.29, 0.717) is 39.3 Å². The predicted octanol–water partition coefficient (Wildman–Crippen LogP) is -0.210. The van der Waals surface area contributed by atoms with Crippen LogP contribution in [0.2, 0.25) is 0 Å². The van der Waals surface area contributed by atoms with E-state index >= 15 is 0 Å². The molecule has 20 heavy (non-hydrogen) atoms. The van der Waals surface area contributed by atoms with E-state index in [1.165, 1.54) is 0 Å². The molecule has 0 aromatic carbocycles. The van der Waals surface area contributed by atoms with Crippen molar-refractivity contribution < 1.29 is 14.3 Å². The van der Waals surface area contributed by atoms with Crippen LogP contribution in [0.1, 0.15) is 19.8 Å². The van der Waals surface area contributed by atoms with Crippen LogP contribution < -0.4 is 0 Å². The Morgan fingerprint density at radius 3 is 2.10 bits per heavy atom. The first-order valence-corrected chi connectivity index (χ1v) is 7.56. The number of carbonyl (C=O) groups excluding carboxylic acids is 2. The van der Waals surface area contributed by atoms with Crippen LogP contribution in [0, 0.1) is 0 Å². The van der Waals surface area contributed by atoms with E-state index in [1.54, 1.807) is 0 Å². The van der Waals surface area contributed by atoms with Gasteiger partial charge in [-0.1, -0.05) is 6.92 Å². The third-order valence-electron chi connectivity index (χ3n) is 3.91. The van der Waals surface area contributed by atoms with Crippen molar-refractivity contribution in [3.63, 3.8) is 0 Å². The van der Waals surface area contributed by atoms with Crippen molar-refractivity contribution in [1.82, 2.24) is 14.7 Å². The summed E-state index contributed by atoms with van der Waals surface area (Å²) in [6.45, 7) is 8.27. The Hall–Kier alpha value is -1.14. The normalized spacial score (nSPS) is 21.1. The fraction of sp³-hybridized carbons (Fsp3) is 0.857. The van der Waals surface area contributed by atoms with Gasteiger partial charge in [-0.3, -0.25) is 14.5 Å². The number of piperazine rings is 1. The van der Waals surface area contributed by atoms with E-state index in [0.717, 1.165) is 32.6 Å². The Balaban J connectivity index is 1.71. The van der Waals surface area contributed by atoms with E-state index < -0.39 is 0 Å². The lowest BCUT2D eigenvalue weighted by Gasteiger charge is -2.36. The molecule has 0 atom stereocenters. The van der Waals surface area contributed by atoms with Crippen molar-refractivity contribution in [2.45, 2.75) is 19.8 Å². The number of nitrogens with zero attached hydrogens (tertiary/aromatic N) is 3. The molecule has 0 bridgehead atoms. The van der Waals surface area contributed by atoms with Gasteiger partial charge in [0.05, 0.1) is 19.8 Å². The molecule has 2 heterocycles. The molecule has 0 spiro atoms. The maximum atomic E-state index is 12.1. The maximum absolute atomic E-state index is 12.1. The SMILES string of the molecule is CCCC(=O)N1CCN(CC(=O)N2CCOCC2)CC1. The number of carbonyl (C=O) groups is 2. The first-order chi connectivity index (χ1) is 9.70. The fourth-order valence-electron chi connectivity index (χ4n) is 2.63. The number of hydrogen-bond donors (Lipinski definition) is 0. The van der Waals surface area contributed by atoms with Crippen molar-refractivity contribution in [3.05, 3.63) is 0 Å². The van der Waals surface area contributed by atoms with Crippen molar-refractivity contribution in [1.29, 1.82) is 0 Å². The zero-order chi connectivity index (χ0) is 14.4. The third kappa shape index (κ3) is 4.18. The molecule has 2 amide bonds. The molecular weight excluding hydrogens is 258 g/mol. The van der Waals surface area contributed by atoms with Gasteiger partial charge in [0.2, 0.25) is 11.8 Å². The first-order valence-electron chi connectivity index (χ1n) is 7.56. The predicted molar refractivity (Wildman–Crippen MR) is 75.3 cm³/mol. The van der Waals surface area contributed by atoms with Gasteiger partial charge in [0.25, 0.3) is 0 Å². The number of amides is 2. The highest BCUT2D eigenvalue weighted by Gasteiger charge is 2.24. The quantitative estimate of drug-likeness (QED) is 0.716. The summed E-state index contributed by atoms with van der Waals surface area (Å²) >= 11 is 0. The van der Waals surface area contributed by atoms with Crippen LogP contribution in [0.4, 0.5) is 0 Å². The minimum Gasteiger partial charge on any atom is -0.378 e. The van der Waals surface area contributed by atoms with Gasteiger partial charge in [0.1, 0.15) is 0 Å². The second kappa shape index (κ2) is 7.59. The molecule has 2 rings (SSSR count). The maximum Gasteiger partial charge on any atom is 0.236 e. The van der Waals surface area contributed by atoms with E-state index in [-0.39, 0.29) is 11.8 Å². The summed E-state index contributed by atoms with van der Waals surface area (Å²) in [4.78, 5) is 29.9. The zero-order valence-electron chi connectivity index (χ0n) is 12.3. The minimum absolute atomic E-state index is 0.182. The average molecular weight is 283 g/mol. The lowest BCUT2D eigenvalue weighted by molar-refractivity contribution is -0.137. The van der Waals surface area contributed by atoms with E-state index in [2.05, 4.69) is 4.90 Å². The second-order valence-electron chi connectivity index (χ2n) is 5.40. The molecule has 114 valence electrons. The Labute approximate surface area is 120 Å². The molecule has 6 heteroatoms. The monoisotopic (exact) mass is 283 g/mol. The van der Waals surface area contributed by atoms with Crippen molar-refractivity contribution >= 4 is 11.8 Å². The third-order valence-corrected chi connectivity index (χ3v) is 3.91. The van der Waals surface area contributed by atoms with Crippen LogP contribution in [-0.4, -0.2) is 85.5 Å². The van der Waals surface area contributed by atoms with Crippen LogP contribution in [0.3, 0.4) is 0 Å². The summed E-state index contributed by atoms with van der Waals surface area (Å²) in [5.41, 5.74) is 0. The molecule has 0 saturated carbocycles. The smallest absolute Gasteiger partial charge is 0.236 e. The molecule has 0 radical (unpaired) electrons. The summed E-state index contributed by atoms with van der Waals surface area (Å²) in [7, 11) is 0. The summed E-state index contributed by atoms with van der Waals surface area (Å²) in [5.74, 6) is 0.424. The van der Waals surface area contributed by atoms with Crippen molar-refractivity contribution in [3.8, 4) is 0 Å².